The first-order valence-corrected chi connectivity index (χ1v) is 9.96. The number of thioether (sulfide) groups is 2. The van der Waals surface area contributed by atoms with Gasteiger partial charge in [-0.1, -0.05) is 0 Å². The van der Waals surface area contributed by atoms with Gasteiger partial charge in [0.1, 0.15) is 13.2 Å². The number of rotatable bonds is 13. The van der Waals surface area contributed by atoms with E-state index in [9.17, 15) is 9.59 Å². The lowest BCUT2D eigenvalue weighted by molar-refractivity contribution is -0.151. The summed E-state index contributed by atoms with van der Waals surface area (Å²) in [6.45, 7) is 0.261. The van der Waals surface area contributed by atoms with Gasteiger partial charge in [-0.3, -0.25) is 9.59 Å². The number of carbonyl (C=O) groups is 2. The summed E-state index contributed by atoms with van der Waals surface area (Å²) in [5, 5.41) is 0. The van der Waals surface area contributed by atoms with E-state index in [0.717, 1.165) is 34.5 Å². The third-order valence-electron chi connectivity index (χ3n) is 1.98. The van der Waals surface area contributed by atoms with Gasteiger partial charge in [-0.15, -0.1) is 0 Å². The van der Waals surface area contributed by atoms with Gasteiger partial charge >= 0.3 is 11.9 Å². The van der Waals surface area contributed by atoms with Crippen LogP contribution in [0.5, 0.6) is 0 Å². The van der Waals surface area contributed by atoms with Gasteiger partial charge in [0.15, 0.2) is 0 Å². The molecule has 0 heterocycles. The molecule has 0 spiro atoms. The summed E-state index contributed by atoms with van der Waals surface area (Å²) in [6.07, 6.45) is 0.763. The average Bonchev–Trinajstić information content (AvgIpc) is 2.44. The molecule has 20 heavy (non-hydrogen) atoms. The van der Waals surface area contributed by atoms with Crippen molar-refractivity contribution >= 4 is 60.7 Å². The lowest BCUT2D eigenvalue weighted by atomic mass is 10.5. The largest absolute Gasteiger partial charge is 0.462 e. The molecule has 4 nitrogen and oxygen atoms in total. The van der Waals surface area contributed by atoms with E-state index in [-0.39, 0.29) is 25.2 Å². The minimum Gasteiger partial charge on any atom is -0.462 e. The molecule has 0 aromatic heterocycles. The minimum atomic E-state index is -0.253. The Morgan fingerprint density at radius 3 is 1.50 bits per heavy atom. The second kappa shape index (κ2) is 15.7. The Bertz CT molecular complexity index is 238. The van der Waals surface area contributed by atoms with Crippen LogP contribution in [0, 0.1) is 0 Å². The van der Waals surface area contributed by atoms with Gasteiger partial charge in [0.2, 0.25) is 0 Å². The zero-order valence-corrected chi connectivity index (χ0v) is 14.8. The van der Waals surface area contributed by atoms with E-state index in [1.165, 1.54) is 0 Å². The Labute approximate surface area is 140 Å². The van der Waals surface area contributed by atoms with Crippen LogP contribution in [0.1, 0.15) is 12.8 Å². The Morgan fingerprint density at radius 2 is 1.15 bits per heavy atom. The Balaban J connectivity index is 3.32. The first-order valence-electron chi connectivity index (χ1n) is 6.39. The van der Waals surface area contributed by atoms with Crippen molar-refractivity contribution in [2.24, 2.45) is 0 Å². The van der Waals surface area contributed by atoms with Crippen molar-refractivity contribution in [3.05, 3.63) is 0 Å². The number of ether oxygens (including phenoxy) is 2. The molecule has 0 aliphatic carbocycles. The molecule has 8 heteroatoms. The maximum absolute atomic E-state index is 11.3. The highest BCUT2D eigenvalue weighted by atomic mass is 32.2. The van der Waals surface area contributed by atoms with Crippen molar-refractivity contribution in [2.75, 3.05) is 47.7 Å². The molecule has 0 unspecified atom stereocenters. The van der Waals surface area contributed by atoms with Crippen molar-refractivity contribution in [2.45, 2.75) is 12.8 Å². The van der Waals surface area contributed by atoms with Gasteiger partial charge in [-0.25, -0.2) is 0 Å². The molecule has 0 bridgehead atoms. The summed E-state index contributed by atoms with van der Waals surface area (Å²) in [5.41, 5.74) is 0. The maximum atomic E-state index is 11.3. The van der Waals surface area contributed by atoms with E-state index >= 15 is 0 Å². The molecule has 0 N–H and O–H groups in total. The van der Waals surface area contributed by atoms with Crippen molar-refractivity contribution in [3.63, 3.8) is 0 Å². The van der Waals surface area contributed by atoms with E-state index in [1.54, 1.807) is 23.5 Å². The van der Waals surface area contributed by atoms with Gasteiger partial charge in [0.05, 0.1) is 12.8 Å². The summed E-state index contributed by atoms with van der Waals surface area (Å²) < 4.78 is 9.90. The Hall–Kier alpha value is 0.340. The molecule has 0 aromatic carbocycles. The smallest absolute Gasteiger partial charge is 0.306 e. The van der Waals surface area contributed by atoms with Gasteiger partial charge in [0.25, 0.3) is 0 Å². The monoisotopic (exact) mass is 358 g/mol. The summed E-state index contributed by atoms with van der Waals surface area (Å²) in [7, 11) is 0. The van der Waals surface area contributed by atoms with Gasteiger partial charge in [-0.05, 0) is 11.5 Å². The fraction of sp³-hybridized carbons (Fsp3) is 0.833. The van der Waals surface area contributed by atoms with E-state index in [0.29, 0.717) is 12.8 Å². The maximum Gasteiger partial charge on any atom is 0.306 e. The quantitative estimate of drug-likeness (QED) is 0.299. The predicted molar refractivity (Wildman–Crippen MR) is 93.5 cm³/mol. The zero-order chi connectivity index (χ0) is 15.1. The molecule has 0 aliphatic heterocycles. The van der Waals surface area contributed by atoms with Crippen LogP contribution in [-0.2, 0) is 19.1 Å². The van der Waals surface area contributed by atoms with Crippen molar-refractivity contribution in [1.82, 2.24) is 0 Å². The van der Waals surface area contributed by atoms with Crippen LogP contribution in [0.4, 0.5) is 0 Å². The normalized spacial score (nSPS) is 10.3. The zero-order valence-electron chi connectivity index (χ0n) is 11.4. The van der Waals surface area contributed by atoms with Crippen molar-refractivity contribution < 1.29 is 19.1 Å². The standard InChI is InChI=1S/C12H22O4S4/c13-11(1-7-19-9-5-17)15-3-4-16-12(14)2-8-20-10-6-18/h17-18H,1-10H2. The molecule has 0 fully saturated rings. The molecule has 0 radical (unpaired) electrons. The van der Waals surface area contributed by atoms with Gasteiger partial charge < -0.3 is 9.47 Å². The molecule has 0 aromatic rings. The van der Waals surface area contributed by atoms with Gasteiger partial charge in [0, 0.05) is 23.0 Å². The number of carbonyl (C=O) groups excluding carboxylic acids is 2. The van der Waals surface area contributed by atoms with E-state index in [1.807, 2.05) is 0 Å². The molecular formula is C12H22O4S4. The molecule has 0 aliphatic rings. The highest BCUT2D eigenvalue weighted by molar-refractivity contribution is 8.00. The SMILES string of the molecule is O=C(CCSCCS)OCCOC(=O)CCSCCS. The minimum absolute atomic E-state index is 0.131. The van der Waals surface area contributed by atoms with Crippen molar-refractivity contribution in [1.29, 1.82) is 0 Å². The average molecular weight is 359 g/mol. The van der Waals surface area contributed by atoms with E-state index < -0.39 is 0 Å². The third-order valence-corrected chi connectivity index (χ3v) is 5.01. The van der Waals surface area contributed by atoms with Crippen LogP contribution in [0.3, 0.4) is 0 Å². The number of hydrogen-bond acceptors (Lipinski definition) is 8. The first-order chi connectivity index (χ1) is 9.70. The summed E-state index contributed by atoms with van der Waals surface area (Å²) >= 11 is 11.5. The summed E-state index contributed by atoms with van der Waals surface area (Å²) in [5.74, 6) is 4.44. The van der Waals surface area contributed by atoms with Crippen LogP contribution in [0.2, 0.25) is 0 Å². The van der Waals surface area contributed by atoms with E-state index in [4.69, 9.17) is 9.47 Å². The highest BCUT2D eigenvalue weighted by Crippen LogP contribution is 2.04. The molecule has 0 rings (SSSR count). The lowest BCUT2D eigenvalue weighted by Gasteiger charge is -2.06. The van der Waals surface area contributed by atoms with Crippen LogP contribution >= 0.6 is 48.8 Å². The molecule has 0 saturated heterocycles. The highest BCUT2D eigenvalue weighted by Gasteiger charge is 2.05. The van der Waals surface area contributed by atoms with E-state index in [2.05, 4.69) is 25.3 Å². The Morgan fingerprint density at radius 1 is 0.750 bits per heavy atom. The number of hydrogen-bond donors (Lipinski definition) is 2. The summed E-state index contributed by atoms with van der Waals surface area (Å²) in [4.78, 5) is 22.6. The topological polar surface area (TPSA) is 52.6 Å². The second-order valence-electron chi connectivity index (χ2n) is 3.61. The fourth-order valence-electron chi connectivity index (χ4n) is 1.10. The third kappa shape index (κ3) is 14.7. The van der Waals surface area contributed by atoms with Crippen LogP contribution in [-0.4, -0.2) is 59.7 Å². The lowest BCUT2D eigenvalue weighted by Crippen LogP contribution is -2.14. The van der Waals surface area contributed by atoms with Crippen molar-refractivity contribution in [3.8, 4) is 0 Å². The van der Waals surface area contributed by atoms with Crippen LogP contribution in [0.25, 0.3) is 0 Å². The molecule has 0 amide bonds. The predicted octanol–water partition coefficient (Wildman–Crippen LogP) is 2.18. The molecule has 0 atom stereocenters. The summed E-state index contributed by atoms with van der Waals surface area (Å²) in [6, 6.07) is 0. The van der Waals surface area contributed by atoms with Gasteiger partial charge in [-0.2, -0.15) is 48.8 Å². The second-order valence-corrected chi connectivity index (χ2v) is 6.96. The number of esters is 2. The molecular weight excluding hydrogens is 336 g/mol. The molecule has 118 valence electrons. The van der Waals surface area contributed by atoms with Crippen LogP contribution in [0.15, 0.2) is 0 Å². The Kier molecular flexibility index (Phi) is 16.0. The fourth-order valence-corrected chi connectivity index (χ4v) is 3.16. The van der Waals surface area contributed by atoms with Crippen LogP contribution < -0.4 is 0 Å². The number of thiol groups is 2. The first kappa shape index (κ1) is 20.3. The molecule has 0 saturated carbocycles.